The quantitative estimate of drug-likeness (QED) is 0.786. The third-order valence-electron chi connectivity index (χ3n) is 3.22. The molecule has 1 aliphatic rings. The lowest BCUT2D eigenvalue weighted by atomic mass is 10.1. The Kier molecular flexibility index (Phi) is 6.60. The van der Waals surface area contributed by atoms with Gasteiger partial charge in [-0.1, -0.05) is 17.7 Å². The molecule has 0 aliphatic carbocycles. The van der Waals surface area contributed by atoms with Crippen LogP contribution in [0.3, 0.4) is 0 Å². The third-order valence-corrected chi connectivity index (χ3v) is 3.52. The van der Waals surface area contributed by atoms with Crippen LogP contribution in [-0.2, 0) is 16.0 Å². The van der Waals surface area contributed by atoms with Crippen LogP contribution < -0.4 is 10.1 Å². The van der Waals surface area contributed by atoms with E-state index in [9.17, 15) is 0 Å². The number of rotatable bonds is 7. The van der Waals surface area contributed by atoms with Gasteiger partial charge in [-0.3, -0.25) is 0 Å². The van der Waals surface area contributed by atoms with Crippen LogP contribution in [0, 0.1) is 0 Å². The fourth-order valence-electron chi connectivity index (χ4n) is 2.14. The van der Waals surface area contributed by atoms with Crippen molar-refractivity contribution in [2.75, 3.05) is 33.5 Å². The molecule has 1 heterocycles. The summed E-state index contributed by atoms with van der Waals surface area (Å²) in [5.74, 6) is 0.739. The maximum atomic E-state index is 6.27. The molecular weight excluding hydrogens is 278 g/mol. The van der Waals surface area contributed by atoms with Gasteiger partial charge in [-0.25, -0.2) is 0 Å². The molecule has 112 valence electrons. The molecule has 1 fully saturated rings. The number of halogens is 1. The van der Waals surface area contributed by atoms with Gasteiger partial charge in [0.15, 0.2) is 0 Å². The van der Waals surface area contributed by atoms with Gasteiger partial charge in [0.05, 0.1) is 18.2 Å². The van der Waals surface area contributed by atoms with E-state index in [1.54, 1.807) is 7.11 Å². The molecule has 1 saturated heterocycles. The average molecular weight is 300 g/mol. The molecule has 1 aliphatic heterocycles. The van der Waals surface area contributed by atoms with Crippen LogP contribution in [0.25, 0.3) is 0 Å². The normalized spacial score (nSPS) is 19.0. The number of nitrogens with one attached hydrogen (secondary N) is 1. The van der Waals surface area contributed by atoms with Crippen molar-refractivity contribution in [3.63, 3.8) is 0 Å². The summed E-state index contributed by atoms with van der Waals surface area (Å²) >= 11 is 6.27. The van der Waals surface area contributed by atoms with Gasteiger partial charge >= 0.3 is 0 Å². The van der Waals surface area contributed by atoms with E-state index in [-0.39, 0.29) is 6.10 Å². The molecule has 1 aromatic rings. The first kappa shape index (κ1) is 15.6. The molecule has 20 heavy (non-hydrogen) atoms. The number of ether oxygens (including phenoxy) is 3. The fourth-order valence-corrected chi connectivity index (χ4v) is 2.39. The van der Waals surface area contributed by atoms with Crippen molar-refractivity contribution in [2.24, 2.45) is 0 Å². The Hall–Kier alpha value is -0.810. The molecule has 0 spiro atoms. The Morgan fingerprint density at radius 2 is 2.35 bits per heavy atom. The van der Waals surface area contributed by atoms with Crippen LogP contribution in [0.4, 0.5) is 0 Å². The minimum Gasteiger partial charge on any atom is -0.486 e. The second kappa shape index (κ2) is 8.47. The highest BCUT2D eigenvalue weighted by atomic mass is 35.5. The molecule has 4 nitrogen and oxygen atoms in total. The lowest BCUT2D eigenvalue weighted by Gasteiger charge is -2.23. The largest absolute Gasteiger partial charge is 0.486 e. The molecule has 0 amide bonds. The van der Waals surface area contributed by atoms with Crippen molar-refractivity contribution in [2.45, 2.75) is 25.5 Å². The van der Waals surface area contributed by atoms with Crippen molar-refractivity contribution in [1.29, 1.82) is 0 Å². The maximum Gasteiger partial charge on any atom is 0.138 e. The summed E-state index contributed by atoms with van der Waals surface area (Å²) in [6.45, 7) is 3.79. The molecule has 1 aromatic carbocycles. The van der Waals surface area contributed by atoms with Gasteiger partial charge in [0, 0.05) is 26.8 Å². The number of methoxy groups -OCH3 is 1. The topological polar surface area (TPSA) is 39.7 Å². The third kappa shape index (κ3) is 4.94. The molecule has 1 N–H and O–H groups in total. The number of hydrogen-bond acceptors (Lipinski definition) is 4. The Labute approximate surface area is 125 Å². The first-order valence-corrected chi connectivity index (χ1v) is 7.40. The van der Waals surface area contributed by atoms with E-state index in [1.807, 2.05) is 18.2 Å². The van der Waals surface area contributed by atoms with E-state index in [1.165, 1.54) is 0 Å². The van der Waals surface area contributed by atoms with Crippen molar-refractivity contribution in [1.82, 2.24) is 5.32 Å². The van der Waals surface area contributed by atoms with Gasteiger partial charge in [-0.2, -0.15) is 0 Å². The first-order valence-electron chi connectivity index (χ1n) is 7.02. The highest BCUT2D eigenvalue weighted by Gasteiger charge is 2.16. The van der Waals surface area contributed by atoms with Gasteiger partial charge in [0.2, 0.25) is 0 Å². The molecule has 0 bridgehead atoms. The van der Waals surface area contributed by atoms with E-state index in [4.69, 9.17) is 25.8 Å². The fraction of sp³-hybridized carbons (Fsp3) is 0.600. The summed E-state index contributed by atoms with van der Waals surface area (Å²) in [4.78, 5) is 0. The number of benzene rings is 1. The van der Waals surface area contributed by atoms with E-state index >= 15 is 0 Å². The molecule has 0 aromatic heterocycles. The zero-order valence-electron chi connectivity index (χ0n) is 11.9. The van der Waals surface area contributed by atoms with Gasteiger partial charge in [0.1, 0.15) is 11.9 Å². The van der Waals surface area contributed by atoms with Crippen molar-refractivity contribution in [3.05, 3.63) is 28.8 Å². The van der Waals surface area contributed by atoms with E-state index in [0.29, 0.717) is 18.2 Å². The average Bonchev–Trinajstić information content (AvgIpc) is 2.47. The Morgan fingerprint density at radius 3 is 3.05 bits per heavy atom. The van der Waals surface area contributed by atoms with Gasteiger partial charge in [-0.15, -0.1) is 0 Å². The number of hydrogen-bond donors (Lipinski definition) is 1. The first-order chi connectivity index (χ1) is 9.79. The van der Waals surface area contributed by atoms with Crippen LogP contribution in [0.1, 0.15) is 18.4 Å². The van der Waals surface area contributed by atoms with E-state index < -0.39 is 0 Å². The van der Waals surface area contributed by atoms with Crippen LogP contribution in [0.15, 0.2) is 18.2 Å². The van der Waals surface area contributed by atoms with Crippen LogP contribution in [0.2, 0.25) is 5.02 Å². The Balaban J connectivity index is 1.85. The highest BCUT2D eigenvalue weighted by Crippen LogP contribution is 2.27. The molecule has 1 unspecified atom stereocenters. The summed E-state index contributed by atoms with van der Waals surface area (Å²) in [6.07, 6.45) is 2.19. The minimum absolute atomic E-state index is 0.118. The summed E-state index contributed by atoms with van der Waals surface area (Å²) in [6, 6.07) is 5.91. The van der Waals surface area contributed by atoms with Crippen molar-refractivity contribution >= 4 is 11.6 Å². The zero-order valence-corrected chi connectivity index (χ0v) is 12.6. The van der Waals surface area contributed by atoms with E-state index in [2.05, 4.69) is 5.32 Å². The zero-order chi connectivity index (χ0) is 14.2. The van der Waals surface area contributed by atoms with Gasteiger partial charge in [-0.05, 0) is 30.5 Å². The monoisotopic (exact) mass is 299 g/mol. The molecule has 1 atom stereocenters. The van der Waals surface area contributed by atoms with Crippen molar-refractivity contribution in [3.8, 4) is 5.75 Å². The predicted molar refractivity (Wildman–Crippen MR) is 79.5 cm³/mol. The standard InChI is InChI=1S/C15H22ClNO3/c1-18-8-6-17-10-12-4-5-15(14(16)9-12)20-13-3-2-7-19-11-13/h4-5,9,13,17H,2-3,6-8,10-11H2,1H3. The van der Waals surface area contributed by atoms with Crippen LogP contribution >= 0.6 is 11.6 Å². The smallest absolute Gasteiger partial charge is 0.138 e. The lowest BCUT2D eigenvalue weighted by Crippen LogP contribution is -2.28. The molecule has 0 saturated carbocycles. The predicted octanol–water partition coefficient (Wildman–Crippen LogP) is 2.63. The van der Waals surface area contributed by atoms with Crippen molar-refractivity contribution < 1.29 is 14.2 Å². The summed E-state index contributed by atoms with van der Waals surface area (Å²) in [5.41, 5.74) is 1.14. The Bertz CT molecular complexity index is 408. The lowest BCUT2D eigenvalue weighted by molar-refractivity contribution is 0.00747. The van der Waals surface area contributed by atoms with Crippen LogP contribution in [0.5, 0.6) is 5.75 Å². The molecular formula is C15H22ClNO3. The second-order valence-electron chi connectivity index (χ2n) is 4.89. The maximum absolute atomic E-state index is 6.27. The summed E-state index contributed by atoms with van der Waals surface area (Å²) < 4.78 is 16.3. The minimum atomic E-state index is 0.118. The molecule has 5 heteroatoms. The summed E-state index contributed by atoms with van der Waals surface area (Å²) in [5, 5.41) is 3.94. The second-order valence-corrected chi connectivity index (χ2v) is 5.30. The van der Waals surface area contributed by atoms with E-state index in [0.717, 1.165) is 43.9 Å². The van der Waals surface area contributed by atoms with Gasteiger partial charge < -0.3 is 19.5 Å². The van der Waals surface area contributed by atoms with Gasteiger partial charge in [0.25, 0.3) is 0 Å². The summed E-state index contributed by atoms with van der Waals surface area (Å²) in [7, 11) is 1.69. The molecule has 0 radical (unpaired) electrons. The highest BCUT2D eigenvalue weighted by molar-refractivity contribution is 6.32. The van der Waals surface area contributed by atoms with Crippen LogP contribution in [-0.4, -0.2) is 39.6 Å². The Morgan fingerprint density at radius 1 is 1.45 bits per heavy atom. The molecule has 2 rings (SSSR count). The SMILES string of the molecule is COCCNCc1ccc(OC2CCCOC2)c(Cl)c1.